The third kappa shape index (κ3) is 6.02. The molecule has 1 aliphatic carbocycles. The third-order valence-electron chi connectivity index (χ3n) is 6.77. The molecule has 0 amide bonds. The molecule has 2 aromatic carbocycles. The molecule has 0 atom stereocenters. The standard InChI is InChI=1S/C28H39N5/c1-28(2,3)22-14-10-20(11-15-22)18-29-19-21-12-16-23(17-13-21)30-27-31-25-9-7-6-8-24(25)26(32-27)33(4)5/h6-11,14-15,21,23,29H,12-13,16-19H2,1-5H3,(H,30,31,32). The number of hydrogen-bond acceptors (Lipinski definition) is 5. The van der Waals surface area contributed by atoms with E-state index in [4.69, 9.17) is 9.97 Å². The lowest BCUT2D eigenvalue weighted by Crippen LogP contribution is -2.31. The average Bonchev–Trinajstić information content (AvgIpc) is 2.79. The molecule has 0 bridgehead atoms. The van der Waals surface area contributed by atoms with Crippen molar-refractivity contribution in [1.82, 2.24) is 15.3 Å². The Balaban J connectivity index is 1.26. The van der Waals surface area contributed by atoms with Crippen LogP contribution in [-0.4, -0.2) is 36.6 Å². The van der Waals surface area contributed by atoms with Crippen molar-refractivity contribution < 1.29 is 0 Å². The molecule has 0 saturated heterocycles. The van der Waals surface area contributed by atoms with Gasteiger partial charge in [-0.15, -0.1) is 0 Å². The number of nitrogens with one attached hydrogen (secondary N) is 2. The van der Waals surface area contributed by atoms with Gasteiger partial charge in [-0.25, -0.2) is 4.98 Å². The van der Waals surface area contributed by atoms with Crippen molar-refractivity contribution >= 4 is 22.7 Å². The van der Waals surface area contributed by atoms with Crippen LogP contribution in [0, 0.1) is 5.92 Å². The van der Waals surface area contributed by atoms with Crippen LogP contribution in [0.25, 0.3) is 10.9 Å². The second kappa shape index (κ2) is 10.1. The molecule has 0 aliphatic heterocycles. The van der Waals surface area contributed by atoms with Crippen molar-refractivity contribution in [3.63, 3.8) is 0 Å². The third-order valence-corrected chi connectivity index (χ3v) is 6.77. The number of anilines is 2. The molecule has 1 aromatic heterocycles. The molecule has 1 heterocycles. The van der Waals surface area contributed by atoms with Crippen LogP contribution in [0.3, 0.4) is 0 Å². The number of para-hydroxylation sites is 1. The molecule has 1 saturated carbocycles. The van der Waals surface area contributed by atoms with Crippen molar-refractivity contribution in [2.75, 3.05) is 30.9 Å². The topological polar surface area (TPSA) is 53.1 Å². The summed E-state index contributed by atoms with van der Waals surface area (Å²) in [6.45, 7) is 8.82. The van der Waals surface area contributed by atoms with Gasteiger partial charge in [-0.05, 0) is 66.8 Å². The maximum absolute atomic E-state index is 4.81. The highest BCUT2D eigenvalue weighted by Gasteiger charge is 2.22. The molecule has 33 heavy (non-hydrogen) atoms. The van der Waals surface area contributed by atoms with Crippen LogP contribution < -0.4 is 15.5 Å². The summed E-state index contributed by atoms with van der Waals surface area (Å²) in [5.41, 5.74) is 3.96. The quantitative estimate of drug-likeness (QED) is 0.485. The number of hydrogen-bond donors (Lipinski definition) is 2. The molecule has 0 unspecified atom stereocenters. The first-order valence-electron chi connectivity index (χ1n) is 12.3. The van der Waals surface area contributed by atoms with E-state index in [1.54, 1.807) is 0 Å². The summed E-state index contributed by atoms with van der Waals surface area (Å²) in [5, 5.41) is 8.40. The molecular formula is C28H39N5. The molecule has 2 N–H and O–H groups in total. The largest absolute Gasteiger partial charge is 0.362 e. The molecule has 5 nitrogen and oxygen atoms in total. The zero-order valence-corrected chi connectivity index (χ0v) is 20.9. The molecule has 1 fully saturated rings. The lowest BCUT2D eigenvalue weighted by atomic mass is 9.86. The lowest BCUT2D eigenvalue weighted by Gasteiger charge is -2.29. The van der Waals surface area contributed by atoms with E-state index >= 15 is 0 Å². The minimum atomic E-state index is 0.213. The van der Waals surface area contributed by atoms with E-state index in [-0.39, 0.29) is 5.41 Å². The number of rotatable bonds is 7. The fourth-order valence-electron chi connectivity index (χ4n) is 4.70. The van der Waals surface area contributed by atoms with E-state index in [2.05, 4.69) is 72.7 Å². The van der Waals surface area contributed by atoms with Gasteiger partial charge < -0.3 is 15.5 Å². The van der Waals surface area contributed by atoms with Crippen LogP contribution >= 0.6 is 0 Å². The maximum Gasteiger partial charge on any atom is 0.225 e. The Bertz CT molecular complexity index is 1040. The molecule has 0 radical (unpaired) electrons. The predicted octanol–water partition coefficient (Wildman–Crippen LogP) is 5.75. The van der Waals surface area contributed by atoms with Crippen LogP contribution in [0.15, 0.2) is 48.5 Å². The number of nitrogens with zero attached hydrogens (tertiary/aromatic N) is 3. The average molecular weight is 446 g/mol. The summed E-state index contributed by atoms with van der Waals surface area (Å²) in [4.78, 5) is 11.6. The minimum absolute atomic E-state index is 0.213. The zero-order valence-electron chi connectivity index (χ0n) is 20.9. The Morgan fingerprint density at radius 1 is 0.909 bits per heavy atom. The molecular weight excluding hydrogens is 406 g/mol. The Kier molecular flexibility index (Phi) is 7.18. The monoisotopic (exact) mass is 445 g/mol. The van der Waals surface area contributed by atoms with Gasteiger partial charge in [0.15, 0.2) is 0 Å². The summed E-state index contributed by atoms with van der Waals surface area (Å²) in [6.07, 6.45) is 4.81. The lowest BCUT2D eigenvalue weighted by molar-refractivity contribution is 0.324. The fraction of sp³-hybridized carbons (Fsp3) is 0.500. The van der Waals surface area contributed by atoms with E-state index in [0.717, 1.165) is 41.7 Å². The number of aromatic nitrogens is 2. The van der Waals surface area contributed by atoms with Gasteiger partial charge >= 0.3 is 0 Å². The van der Waals surface area contributed by atoms with Crippen LogP contribution in [0.5, 0.6) is 0 Å². The van der Waals surface area contributed by atoms with E-state index in [1.165, 1.54) is 36.8 Å². The van der Waals surface area contributed by atoms with Gasteiger partial charge in [-0.3, -0.25) is 0 Å². The molecule has 0 spiro atoms. The summed E-state index contributed by atoms with van der Waals surface area (Å²) < 4.78 is 0. The van der Waals surface area contributed by atoms with Gasteiger partial charge in [-0.1, -0.05) is 57.2 Å². The smallest absolute Gasteiger partial charge is 0.225 e. The summed E-state index contributed by atoms with van der Waals surface area (Å²) >= 11 is 0. The van der Waals surface area contributed by atoms with Gasteiger partial charge in [0.05, 0.1) is 5.52 Å². The minimum Gasteiger partial charge on any atom is -0.362 e. The molecule has 3 aromatic rings. The summed E-state index contributed by atoms with van der Waals surface area (Å²) in [6, 6.07) is 17.7. The van der Waals surface area contributed by atoms with Crippen molar-refractivity contribution in [2.24, 2.45) is 5.92 Å². The number of benzene rings is 2. The van der Waals surface area contributed by atoms with Crippen molar-refractivity contribution in [1.29, 1.82) is 0 Å². The Labute approximate surface area is 199 Å². The van der Waals surface area contributed by atoms with E-state index in [0.29, 0.717) is 6.04 Å². The summed E-state index contributed by atoms with van der Waals surface area (Å²) in [5.74, 6) is 2.46. The Morgan fingerprint density at radius 3 is 2.27 bits per heavy atom. The van der Waals surface area contributed by atoms with Gasteiger partial charge in [0.25, 0.3) is 0 Å². The second-order valence-corrected chi connectivity index (χ2v) is 10.7. The first-order valence-corrected chi connectivity index (χ1v) is 12.3. The van der Waals surface area contributed by atoms with E-state index < -0.39 is 0 Å². The molecule has 4 rings (SSSR count). The predicted molar refractivity (Wildman–Crippen MR) is 140 cm³/mol. The van der Waals surface area contributed by atoms with Crippen molar-refractivity contribution in [3.05, 3.63) is 59.7 Å². The highest BCUT2D eigenvalue weighted by atomic mass is 15.2. The number of fused-ring (bicyclic) bond motifs is 1. The van der Waals surface area contributed by atoms with Crippen LogP contribution in [-0.2, 0) is 12.0 Å². The van der Waals surface area contributed by atoms with Crippen LogP contribution in [0.4, 0.5) is 11.8 Å². The van der Waals surface area contributed by atoms with Gasteiger partial charge in [0.1, 0.15) is 5.82 Å². The van der Waals surface area contributed by atoms with Gasteiger partial charge in [-0.2, -0.15) is 4.98 Å². The Morgan fingerprint density at radius 2 is 1.61 bits per heavy atom. The molecule has 5 heteroatoms. The molecule has 1 aliphatic rings. The maximum atomic E-state index is 4.81. The zero-order chi connectivity index (χ0) is 23.4. The Hall–Kier alpha value is -2.66. The first-order chi connectivity index (χ1) is 15.8. The van der Waals surface area contributed by atoms with E-state index in [9.17, 15) is 0 Å². The highest BCUT2D eigenvalue weighted by Crippen LogP contribution is 2.28. The van der Waals surface area contributed by atoms with Crippen molar-refractivity contribution in [3.8, 4) is 0 Å². The van der Waals surface area contributed by atoms with Crippen LogP contribution in [0.2, 0.25) is 0 Å². The van der Waals surface area contributed by atoms with E-state index in [1.807, 2.05) is 26.2 Å². The van der Waals surface area contributed by atoms with Crippen molar-refractivity contribution in [2.45, 2.75) is 64.5 Å². The second-order valence-electron chi connectivity index (χ2n) is 10.7. The van der Waals surface area contributed by atoms with Gasteiger partial charge in [0, 0.05) is 32.1 Å². The van der Waals surface area contributed by atoms with Gasteiger partial charge in [0.2, 0.25) is 5.95 Å². The normalized spacial score (nSPS) is 18.9. The fourth-order valence-corrected chi connectivity index (χ4v) is 4.70. The highest BCUT2D eigenvalue weighted by molar-refractivity contribution is 5.90. The first kappa shape index (κ1) is 23.5. The molecule has 176 valence electrons. The SMILES string of the molecule is CN(C)c1nc(NC2CCC(CNCc3ccc(C(C)(C)C)cc3)CC2)nc2ccccc12. The van der Waals surface area contributed by atoms with Crippen LogP contribution in [0.1, 0.15) is 57.6 Å². The summed E-state index contributed by atoms with van der Waals surface area (Å²) in [7, 11) is 4.07.